The standard InChI is InChI=1S/C25H27N4O6S.HI/c1-12-19(18-10-27-15(4)26(5)13(2)24(27)36-18)22(28-21(12)20(14(3)30)23(28)31)25(32)35-11-16-6-8-17(9-7-16)29(33)34;/h6-10,12,14,20-21,30H,11H2,1-5H3;1H/q+1;/p-1/t12-,14+,20+,21+;/m0./s1. The lowest BCUT2D eigenvalue weighted by atomic mass is 9.77. The summed E-state index contributed by atoms with van der Waals surface area (Å²) in [5, 5.41) is 21.1. The van der Waals surface area contributed by atoms with Crippen molar-refractivity contribution in [2.75, 3.05) is 0 Å². The Labute approximate surface area is 234 Å². The van der Waals surface area contributed by atoms with Gasteiger partial charge in [0.2, 0.25) is 10.7 Å². The molecule has 1 N–H and O–H groups in total. The molecule has 4 atom stereocenters. The molecule has 1 saturated heterocycles. The van der Waals surface area contributed by atoms with Crippen molar-refractivity contribution in [2.45, 2.75) is 46.4 Å². The van der Waals surface area contributed by atoms with Crippen LogP contribution in [0.5, 0.6) is 0 Å². The molecular weight excluding hydrogens is 611 g/mol. The number of hydrogen-bond acceptors (Lipinski definition) is 7. The lowest BCUT2D eigenvalue weighted by Crippen LogP contribution is -3.00. The Bertz CT molecular complexity index is 1420. The number of amides is 1. The number of rotatable bonds is 6. The zero-order valence-corrected chi connectivity index (χ0v) is 23.9. The van der Waals surface area contributed by atoms with Crippen molar-refractivity contribution in [3.05, 3.63) is 68.2 Å². The van der Waals surface area contributed by atoms with E-state index >= 15 is 0 Å². The number of nitro benzene ring substituents is 1. The van der Waals surface area contributed by atoms with E-state index < -0.39 is 22.9 Å². The molecule has 0 saturated carbocycles. The summed E-state index contributed by atoms with van der Waals surface area (Å²) in [5.74, 6) is -0.642. The monoisotopic (exact) mass is 638 g/mol. The van der Waals surface area contributed by atoms with Crippen molar-refractivity contribution in [3.63, 3.8) is 0 Å². The third-order valence-electron chi connectivity index (χ3n) is 7.47. The van der Waals surface area contributed by atoms with Gasteiger partial charge in [0.05, 0.1) is 34.9 Å². The van der Waals surface area contributed by atoms with Crippen LogP contribution in [0.15, 0.2) is 36.2 Å². The van der Waals surface area contributed by atoms with Crippen molar-refractivity contribution < 1.29 is 52.7 Å². The van der Waals surface area contributed by atoms with Crippen molar-refractivity contribution in [1.29, 1.82) is 0 Å². The maximum atomic E-state index is 13.4. The van der Waals surface area contributed by atoms with Crippen LogP contribution in [0.3, 0.4) is 0 Å². The first kappa shape index (κ1) is 27.2. The minimum Gasteiger partial charge on any atom is -1.00 e. The summed E-state index contributed by atoms with van der Waals surface area (Å²) in [6, 6.07) is 5.45. The molecule has 2 aromatic heterocycles. The van der Waals surface area contributed by atoms with Crippen LogP contribution in [-0.4, -0.2) is 43.5 Å². The van der Waals surface area contributed by atoms with Crippen LogP contribution in [0, 0.1) is 35.8 Å². The predicted molar refractivity (Wildman–Crippen MR) is 131 cm³/mol. The number of aliphatic hydroxyl groups excluding tert-OH is 1. The maximum absolute atomic E-state index is 13.4. The van der Waals surface area contributed by atoms with Crippen LogP contribution in [-0.2, 0) is 28.0 Å². The summed E-state index contributed by atoms with van der Waals surface area (Å²) < 4.78 is 9.78. The molecule has 12 heteroatoms. The molecule has 0 spiro atoms. The second-order valence-electron chi connectivity index (χ2n) is 9.48. The van der Waals surface area contributed by atoms with E-state index in [1.807, 2.05) is 34.0 Å². The first-order valence-electron chi connectivity index (χ1n) is 11.7. The van der Waals surface area contributed by atoms with Gasteiger partial charge in [-0.15, -0.1) is 0 Å². The van der Waals surface area contributed by atoms with Crippen molar-refractivity contribution in [3.8, 4) is 0 Å². The summed E-state index contributed by atoms with van der Waals surface area (Å²) in [5.41, 5.74) is 2.59. The summed E-state index contributed by atoms with van der Waals surface area (Å²) in [7, 11) is 2.00. The van der Waals surface area contributed by atoms with Gasteiger partial charge in [0, 0.05) is 37.5 Å². The van der Waals surface area contributed by atoms with Gasteiger partial charge in [-0.2, -0.15) is 4.40 Å². The SMILES string of the molecule is Cc1c2sc(C3=C(C(=O)OCc4ccc([N+](=O)[O-])cc4)N4C(=O)[C@H]([C@@H](C)O)[C@H]4[C@H]3C)c[n+]2c(C)n1C.[I-]. The molecule has 196 valence electrons. The number of non-ortho nitro benzene ring substituents is 1. The zero-order chi connectivity index (χ0) is 26.0. The topological polar surface area (TPSA) is 119 Å². The highest BCUT2D eigenvalue weighted by Crippen LogP contribution is 2.51. The van der Waals surface area contributed by atoms with E-state index in [9.17, 15) is 24.8 Å². The fourth-order valence-electron chi connectivity index (χ4n) is 5.33. The normalized spacial score (nSPS) is 21.5. The van der Waals surface area contributed by atoms with Gasteiger partial charge in [-0.3, -0.25) is 14.9 Å². The van der Waals surface area contributed by atoms with E-state index in [4.69, 9.17) is 4.74 Å². The maximum Gasteiger partial charge on any atom is 0.355 e. The molecule has 10 nitrogen and oxygen atoms in total. The number of nitrogens with zero attached hydrogens (tertiary/aromatic N) is 4. The van der Waals surface area contributed by atoms with Crippen LogP contribution in [0.1, 0.15) is 35.8 Å². The fraction of sp³-hybridized carbons (Fsp3) is 0.400. The average molecular weight is 638 g/mol. The third kappa shape index (κ3) is 4.14. The number of fused-ring (bicyclic) bond motifs is 2. The van der Waals surface area contributed by atoms with E-state index in [0.717, 1.165) is 26.8 Å². The number of esters is 1. The summed E-state index contributed by atoms with van der Waals surface area (Å²) >= 11 is 1.55. The number of carbonyl (C=O) groups excluding carboxylic acids is 2. The molecule has 1 aromatic carbocycles. The number of carbonyl (C=O) groups is 2. The average Bonchev–Trinajstić information content (AvgIpc) is 3.43. The molecule has 2 aliphatic rings. The second kappa shape index (κ2) is 9.80. The van der Waals surface area contributed by atoms with Crippen molar-refractivity contribution >= 4 is 39.3 Å². The molecule has 0 unspecified atom stereocenters. The number of benzene rings is 1. The number of β-lactam (4-membered cyclic amide) rings is 1. The Morgan fingerprint density at radius 2 is 1.95 bits per heavy atom. The molecule has 1 amide bonds. The summed E-state index contributed by atoms with van der Waals surface area (Å²) in [6.07, 6.45) is 1.16. The van der Waals surface area contributed by atoms with E-state index in [1.165, 1.54) is 29.2 Å². The smallest absolute Gasteiger partial charge is 0.355 e. The molecule has 1 fully saturated rings. The molecular formula is C25H27IN4O6S. The highest BCUT2D eigenvalue weighted by Gasteiger charge is 2.60. The largest absolute Gasteiger partial charge is 1.00 e. The van der Waals surface area contributed by atoms with Crippen LogP contribution in [0.4, 0.5) is 5.69 Å². The van der Waals surface area contributed by atoms with Gasteiger partial charge in [0.25, 0.3) is 11.5 Å². The van der Waals surface area contributed by atoms with Gasteiger partial charge in [0.1, 0.15) is 18.5 Å². The minimum atomic E-state index is -0.833. The molecule has 4 heterocycles. The van der Waals surface area contributed by atoms with Crippen LogP contribution >= 0.6 is 11.3 Å². The highest BCUT2D eigenvalue weighted by molar-refractivity contribution is 7.18. The summed E-state index contributed by atoms with van der Waals surface area (Å²) in [4.78, 5) is 40.3. The predicted octanol–water partition coefficient (Wildman–Crippen LogP) is -0.334. The van der Waals surface area contributed by atoms with Gasteiger partial charge in [-0.05, 0) is 24.6 Å². The van der Waals surface area contributed by atoms with E-state index in [-0.39, 0.29) is 59.8 Å². The molecule has 0 bridgehead atoms. The van der Waals surface area contributed by atoms with Crippen LogP contribution < -0.4 is 28.4 Å². The first-order chi connectivity index (χ1) is 17.0. The number of aromatic nitrogens is 2. The minimum absolute atomic E-state index is 0. The van der Waals surface area contributed by atoms with Gasteiger partial charge >= 0.3 is 5.97 Å². The molecule has 37 heavy (non-hydrogen) atoms. The Morgan fingerprint density at radius 3 is 2.51 bits per heavy atom. The Balaban J connectivity index is 0.00000320. The fourth-order valence-corrected chi connectivity index (χ4v) is 6.66. The molecule has 5 rings (SSSR count). The molecule has 2 aliphatic heterocycles. The second-order valence-corrected chi connectivity index (χ2v) is 10.5. The van der Waals surface area contributed by atoms with Crippen molar-refractivity contribution in [1.82, 2.24) is 9.47 Å². The van der Waals surface area contributed by atoms with Gasteiger partial charge in [-0.25, -0.2) is 9.36 Å². The Hall–Kier alpha value is -2.84. The number of imidazole rings is 1. The Morgan fingerprint density at radius 1 is 1.30 bits per heavy atom. The third-order valence-corrected chi connectivity index (χ3v) is 8.70. The van der Waals surface area contributed by atoms with E-state index in [0.29, 0.717) is 5.56 Å². The number of aliphatic hydroxyl groups is 1. The van der Waals surface area contributed by atoms with Gasteiger partial charge in [0.15, 0.2) is 5.69 Å². The number of nitro groups is 1. The van der Waals surface area contributed by atoms with Crippen LogP contribution in [0.25, 0.3) is 10.4 Å². The van der Waals surface area contributed by atoms with E-state index in [1.54, 1.807) is 18.3 Å². The number of halogens is 1. The zero-order valence-electron chi connectivity index (χ0n) is 21.0. The van der Waals surface area contributed by atoms with E-state index in [2.05, 4.69) is 8.97 Å². The Kier molecular flexibility index (Phi) is 7.20. The highest BCUT2D eigenvalue weighted by atomic mass is 127. The number of aryl methyl sites for hydroxylation is 2. The lowest BCUT2D eigenvalue weighted by Gasteiger charge is -2.46. The first-order valence-corrected chi connectivity index (χ1v) is 12.5. The van der Waals surface area contributed by atoms with Crippen LogP contribution in [0.2, 0.25) is 0 Å². The van der Waals surface area contributed by atoms with Crippen molar-refractivity contribution in [2.24, 2.45) is 18.9 Å². The van der Waals surface area contributed by atoms with Gasteiger partial charge in [-0.1, -0.05) is 18.3 Å². The summed E-state index contributed by atoms with van der Waals surface area (Å²) in [6.45, 7) is 7.53. The quantitative estimate of drug-likeness (QED) is 0.0987. The lowest BCUT2D eigenvalue weighted by molar-refractivity contribution is -0.516. The molecule has 0 aliphatic carbocycles. The molecule has 3 aromatic rings. The number of hydrogen-bond donors (Lipinski definition) is 1. The number of thiazole rings is 1. The number of ether oxygens (including phenoxy) is 1. The van der Waals surface area contributed by atoms with Gasteiger partial charge < -0.3 is 38.7 Å². The molecule has 0 radical (unpaired) electrons.